The number of hydrogen-bond acceptors (Lipinski definition) is 5. The molecule has 0 aliphatic rings. The van der Waals surface area contributed by atoms with Crippen LogP contribution in [0.1, 0.15) is 17.9 Å². The maximum Gasteiger partial charge on any atom is 0.227 e. The van der Waals surface area contributed by atoms with Crippen molar-refractivity contribution in [1.29, 1.82) is 0 Å². The van der Waals surface area contributed by atoms with Crippen molar-refractivity contribution in [3.8, 4) is 22.6 Å². The summed E-state index contributed by atoms with van der Waals surface area (Å²) < 4.78 is 18.9. The van der Waals surface area contributed by atoms with Crippen LogP contribution in [0, 0.1) is 12.7 Å². The molecule has 0 unspecified atom stereocenters. The average molecular weight is 391 g/mol. The molecule has 0 aliphatic heterocycles. The first-order valence-corrected chi connectivity index (χ1v) is 9.07. The van der Waals surface area contributed by atoms with Crippen molar-refractivity contribution in [2.45, 2.75) is 19.8 Å². The Labute approximate surface area is 166 Å². The second-order valence-electron chi connectivity index (χ2n) is 6.57. The summed E-state index contributed by atoms with van der Waals surface area (Å²) in [6.45, 7) is 1.68. The minimum Gasteiger partial charge on any atom is -0.339 e. The molecule has 0 radical (unpaired) electrons. The summed E-state index contributed by atoms with van der Waals surface area (Å²) in [7, 11) is 0. The Balaban J connectivity index is 1.36. The van der Waals surface area contributed by atoms with Gasteiger partial charge in [-0.05, 0) is 36.8 Å². The van der Waals surface area contributed by atoms with Crippen LogP contribution >= 0.6 is 0 Å². The van der Waals surface area contributed by atoms with Gasteiger partial charge in [0.15, 0.2) is 0 Å². The van der Waals surface area contributed by atoms with E-state index >= 15 is 0 Å². The molecule has 0 spiro atoms. The van der Waals surface area contributed by atoms with E-state index in [1.165, 1.54) is 6.07 Å². The zero-order chi connectivity index (χ0) is 20.2. The Morgan fingerprint density at radius 1 is 1.17 bits per heavy atom. The molecule has 0 fully saturated rings. The third-order valence-electron chi connectivity index (χ3n) is 4.42. The molecule has 146 valence electrons. The van der Waals surface area contributed by atoms with Crippen LogP contribution in [-0.2, 0) is 11.2 Å². The van der Waals surface area contributed by atoms with Crippen LogP contribution in [0.5, 0.6) is 0 Å². The largest absolute Gasteiger partial charge is 0.339 e. The van der Waals surface area contributed by atoms with Gasteiger partial charge < -0.3 is 9.84 Å². The monoisotopic (exact) mass is 391 g/mol. The molecule has 7 nitrogen and oxygen atoms in total. The molecule has 1 amide bonds. The number of carbonyl (C=O) groups excluding carboxylic acids is 1. The van der Waals surface area contributed by atoms with Gasteiger partial charge in [0.05, 0.1) is 5.69 Å². The number of nitrogens with zero attached hydrogens (tertiary/aromatic N) is 3. The number of aromatic amines is 1. The van der Waals surface area contributed by atoms with Crippen LogP contribution in [0.3, 0.4) is 0 Å². The van der Waals surface area contributed by atoms with Gasteiger partial charge in [-0.25, -0.2) is 4.39 Å². The zero-order valence-corrected chi connectivity index (χ0v) is 15.6. The summed E-state index contributed by atoms with van der Waals surface area (Å²) in [5.74, 6) is 0.118. The third kappa shape index (κ3) is 4.37. The number of benzene rings is 2. The number of aromatic nitrogens is 4. The van der Waals surface area contributed by atoms with E-state index in [9.17, 15) is 9.18 Å². The smallest absolute Gasteiger partial charge is 0.227 e. The first-order valence-electron chi connectivity index (χ1n) is 9.07. The molecule has 4 aromatic rings. The average Bonchev–Trinajstić information content (AvgIpc) is 3.41. The molecule has 0 aliphatic carbocycles. The first-order chi connectivity index (χ1) is 14.1. The Hall–Kier alpha value is -3.81. The third-order valence-corrected chi connectivity index (χ3v) is 4.42. The number of anilines is 1. The summed E-state index contributed by atoms with van der Waals surface area (Å²) >= 11 is 0. The Kier molecular flexibility index (Phi) is 5.15. The highest BCUT2D eigenvalue weighted by Gasteiger charge is 2.12. The van der Waals surface area contributed by atoms with Crippen molar-refractivity contribution in [1.82, 2.24) is 20.3 Å². The fourth-order valence-electron chi connectivity index (χ4n) is 2.83. The quantitative estimate of drug-likeness (QED) is 0.515. The fourth-order valence-corrected chi connectivity index (χ4v) is 2.83. The molecule has 0 saturated carbocycles. The molecule has 0 bridgehead atoms. The normalized spacial score (nSPS) is 10.8. The zero-order valence-electron chi connectivity index (χ0n) is 15.6. The molecule has 8 heteroatoms. The van der Waals surface area contributed by atoms with Crippen LogP contribution in [0.2, 0.25) is 0 Å². The Morgan fingerprint density at radius 2 is 2.07 bits per heavy atom. The second-order valence-corrected chi connectivity index (χ2v) is 6.57. The van der Waals surface area contributed by atoms with E-state index in [-0.39, 0.29) is 24.6 Å². The number of rotatable bonds is 6. The van der Waals surface area contributed by atoms with Crippen molar-refractivity contribution < 1.29 is 13.7 Å². The van der Waals surface area contributed by atoms with E-state index in [1.807, 2.05) is 30.3 Å². The highest BCUT2D eigenvalue weighted by molar-refractivity contribution is 5.91. The molecule has 0 saturated heterocycles. The standard InChI is InChI=1S/C21H18FN5O2/c1-13-5-6-15(12-17(13)22)21-25-20(29-27-21)8-7-19(28)24-16-4-2-3-14(11-16)18-9-10-23-26-18/h2-6,9-12H,7-8H2,1H3,(H,23,26)(H,24,28). The number of halogens is 1. The van der Waals surface area contributed by atoms with Gasteiger partial charge in [0.1, 0.15) is 5.82 Å². The Morgan fingerprint density at radius 3 is 2.86 bits per heavy atom. The minimum absolute atomic E-state index is 0.173. The van der Waals surface area contributed by atoms with Gasteiger partial charge in [0.25, 0.3) is 0 Å². The van der Waals surface area contributed by atoms with E-state index in [4.69, 9.17) is 4.52 Å². The lowest BCUT2D eigenvalue weighted by Crippen LogP contribution is -2.12. The SMILES string of the molecule is Cc1ccc(-c2noc(CCC(=O)Nc3cccc(-c4ccn[nH]4)c3)n2)cc1F. The molecule has 2 aromatic heterocycles. The van der Waals surface area contributed by atoms with Gasteiger partial charge in [-0.1, -0.05) is 29.4 Å². The Bertz CT molecular complexity index is 1140. The molecular formula is C21H18FN5O2. The number of nitrogens with one attached hydrogen (secondary N) is 2. The first kappa shape index (κ1) is 18.5. The van der Waals surface area contributed by atoms with Crippen molar-refractivity contribution in [3.63, 3.8) is 0 Å². The van der Waals surface area contributed by atoms with E-state index in [2.05, 4.69) is 25.7 Å². The van der Waals surface area contributed by atoms with Gasteiger partial charge >= 0.3 is 0 Å². The predicted octanol–water partition coefficient (Wildman–Crippen LogP) is 4.15. The predicted molar refractivity (Wildman–Crippen MR) is 105 cm³/mol. The van der Waals surface area contributed by atoms with Gasteiger partial charge in [-0.15, -0.1) is 0 Å². The molecule has 4 rings (SSSR count). The summed E-state index contributed by atoms with van der Waals surface area (Å²) in [5, 5.41) is 13.5. The van der Waals surface area contributed by atoms with Gasteiger partial charge in [0, 0.05) is 35.9 Å². The van der Waals surface area contributed by atoms with E-state index in [0.717, 1.165) is 11.3 Å². The van der Waals surface area contributed by atoms with Crippen LogP contribution in [0.25, 0.3) is 22.6 Å². The van der Waals surface area contributed by atoms with Crippen LogP contribution in [-0.4, -0.2) is 26.2 Å². The van der Waals surface area contributed by atoms with Crippen molar-refractivity contribution in [2.24, 2.45) is 0 Å². The van der Waals surface area contributed by atoms with E-state index in [0.29, 0.717) is 28.5 Å². The van der Waals surface area contributed by atoms with Crippen molar-refractivity contribution in [3.05, 3.63) is 72.0 Å². The fraction of sp³-hybridized carbons (Fsp3) is 0.143. The summed E-state index contributed by atoms with van der Waals surface area (Å²) in [5.41, 5.74) is 3.55. The van der Waals surface area contributed by atoms with E-state index < -0.39 is 0 Å². The van der Waals surface area contributed by atoms with Crippen LogP contribution in [0.15, 0.2) is 59.3 Å². The van der Waals surface area contributed by atoms with Crippen LogP contribution in [0.4, 0.5) is 10.1 Å². The second kappa shape index (κ2) is 8.05. The molecule has 0 atom stereocenters. The lowest BCUT2D eigenvalue weighted by molar-refractivity contribution is -0.116. The number of amides is 1. The molecular weight excluding hydrogens is 373 g/mol. The number of H-pyrrole nitrogens is 1. The van der Waals surface area contributed by atoms with Crippen molar-refractivity contribution >= 4 is 11.6 Å². The number of aryl methyl sites for hydroxylation is 2. The summed E-state index contributed by atoms with van der Waals surface area (Å²) in [6.07, 6.45) is 2.13. The highest BCUT2D eigenvalue weighted by Crippen LogP contribution is 2.21. The van der Waals surface area contributed by atoms with Gasteiger partial charge in [-0.3, -0.25) is 9.89 Å². The summed E-state index contributed by atoms with van der Waals surface area (Å²) in [4.78, 5) is 16.5. The van der Waals surface area contributed by atoms with Crippen molar-refractivity contribution in [2.75, 3.05) is 5.32 Å². The molecule has 2 N–H and O–H groups in total. The minimum atomic E-state index is -0.328. The lowest BCUT2D eigenvalue weighted by Gasteiger charge is -2.06. The number of hydrogen-bond donors (Lipinski definition) is 2. The molecule has 2 heterocycles. The topological polar surface area (TPSA) is 96.7 Å². The van der Waals surface area contributed by atoms with Gasteiger partial charge in [0.2, 0.25) is 17.6 Å². The maximum absolute atomic E-state index is 13.7. The summed E-state index contributed by atoms with van der Waals surface area (Å²) in [6, 6.07) is 14.1. The van der Waals surface area contributed by atoms with E-state index in [1.54, 1.807) is 25.3 Å². The highest BCUT2D eigenvalue weighted by atomic mass is 19.1. The maximum atomic E-state index is 13.7. The van der Waals surface area contributed by atoms with Crippen LogP contribution < -0.4 is 5.32 Å². The van der Waals surface area contributed by atoms with Gasteiger partial charge in [-0.2, -0.15) is 10.1 Å². The molecule has 29 heavy (non-hydrogen) atoms. The lowest BCUT2D eigenvalue weighted by atomic mass is 10.1. The number of carbonyl (C=O) groups is 1. The molecule has 2 aromatic carbocycles.